The zero-order valence-corrected chi connectivity index (χ0v) is 8.36. The van der Waals surface area contributed by atoms with Crippen LogP contribution < -0.4 is 5.73 Å². The molecule has 2 rings (SSSR count). The Morgan fingerprint density at radius 1 is 1.69 bits per heavy atom. The molecule has 72 valence electrons. The zero-order valence-electron chi connectivity index (χ0n) is 7.54. The summed E-state index contributed by atoms with van der Waals surface area (Å²) >= 11 is 0. The van der Waals surface area contributed by atoms with Gasteiger partial charge in [0.25, 0.3) is 0 Å². The first-order valence-electron chi connectivity index (χ1n) is 4.35. The third-order valence-corrected chi connectivity index (χ3v) is 3.57. The van der Waals surface area contributed by atoms with E-state index in [-0.39, 0.29) is 6.04 Å². The quantitative estimate of drug-likeness (QED) is 0.680. The molecule has 1 aromatic heterocycles. The number of fused-ring (bicyclic) bond motifs is 1. The van der Waals surface area contributed by atoms with Crippen LogP contribution >= 0.6 is 0 Å². The molecule has 0 fully saturated rings. The van der Waals surface area contributed by atoms with Crippen LogP contribution in [0.25, 0.3) is 0 Å². The first kappa shape index (κ1) is 8.90. The van der Waals surface area contributed by atoms with Crippen molar-refractivity contribution in [2.24, 2.45) is 5.73 Å². The molecule has 0 radical (unpaired) electrons. The SMILES string of the molecule is CC(N)c1n[nH]c2c1CS(=O)CC2. The molecule has 1 aliphatic heterocycles. The number of nitrogens with zero attached hydrogens (tertiary/aromatic N) is 1. The third kappa shape index (κ3) is 1.53. The van der Waals surface area contributed by atoms with Crippen molar-refractivity contribution in [3.8, 4) is 0 Å². The number of rotatable bonds is 1. The van der Waals surface area contributed by atoms with Gasteiger partial charge < -0.3 is 5.73 Å². The van der Waals surface area contributed by atoms with Crippen molar-refractivity contribution < 1.29 is 4.21 Å². The van der Waals surface area contributed by atoms with Crippen molar-refractivity contribution in [2.45, 2.75) is 25.1 Å². The van der Waals surface area contributed by atoms with Gasteiger partial charge >= 0.3 is 0 Å². The summed E-state index contributed by atoms with van der Waals surface area (Å²) in [5.74, 6) is 1.36. The molecule has 2 atom stereocenters. The molecule has 13 heavy (non-hydrogen) atoms. The highest BCUT2D eigenvalue weighted by Crippen LogP contribution is 2.22. The average Bonchev–Trinajstić information content (AvgIpc) is 2.46. The lowest BCUT2D eigenvalue weighted by atomic mass is 10.1. The van der Waals surface area contributed by atoms with Gasteiger partial charge in [-0.15, -0.1) is 0 Å². The van der Waals surface area contributed by atoms with Gasteiger partial charge in [-0.3, -0.25) is 9.31 Å². The normalized spacial score (nSPS) is 24.0. The van der Waals surface area contributed by atoms with Gasteiger partial charge in [0.15, 0.2) is 0 Å². The molecular formula is C8H13N3OS. The van der Waals surface area contributed by atoms with Gasteiger partial charge in [-0.2, -0.15) is 5.10 Å². The number of nitrogens with one attached hydrogen (secondary N) is 1. The molecule has 3 N–H and O–H groups in total. The number of hydrogen-bond acceptors (Lipinski definition) is 3. The summed E-state index contributed by atoms with van der Waals surface area (Å²) in [7, 11) is -0.722. The first-order chi connectivity index (χ1) is 6.18. The molecule has 4 nitrogen and oxygen atoms in total. The molecule has 0 saturated carbocycles. The van der Waals surface area contributed by atoms with E-state index in [2.05, 4.69) is 10.2 Å². The lowest BCUT2D eigenvalue weighted by Crippen LogP contribution is -2.15. The van der Waals surface area contributed by atoms with Crippen molar-refractivity contribution >= 4 is 10.8 Å². The Morgan fingerprint density at radius 3 is 3.15 bits per heavy atom. The Labute approximate surface area is 79.4 Å². The molecule has 0 spiro atoms. The van der Waals surface area contributed by atoms with E-state index in [1.54, 1.807) is 0 Å². The lowest BCUT2D eigenvalue weighted by molar-refractivity contribution is 0.678. The lowest BCUT2D eigenvalue weighted by Gasteiger charge is -2.12. The molecule has 2 unspecified atom stereocenters. The Kier molecular flexibility index (Phi) is 2.21. The Morgan fingerprint density at radius 2 is 2.46 bits per heavy atom. The van der Waals surface area contributed by atoms with Gasteiger partial charge in [0, 0.05) is 40.3 Å². The van der Waals surface area contributed by atoms with Crippen LogP contribution in [-0.4, -0.2) is 20.2 Å². The van der Waals surface area contributed by atoms with E-state index < -0.39 is 10.8 Å². The fraction of sp³-hybridized carbons (Fsp3) is 0.625. The van der Waals surface area contributed by atoms with Crippen LogP contribution in [0.5, 0.6) is 0 Å². The number of nitrogens with two attached hydrogens (primary N) is 1. The number of aryl methyl sites for hydroxylation is 1. The number of aromatic amines is 1. The van der Waals surface area contributed by atoms with Crippen LogP contribution in [0, 0.1) is 0 Å². The standard InChI is InChI=1S/C8H13N3OS/c1-5(9)8-6-4-13(12)3-2-7(6)10-11-8/h5H,2-4,9H2,1H3,(H,10,11). The molecule has 0 saturated heterocycles. The summed E-state index contributed by atoms with van der Waals surface area (Å²) in [6, 6.07) is -0.0740. The minimum absolute atomic E-state index is 0.0740. The number of H-pyrrole nitrogens is 1. The van der Waals surface area contributed by atoms with Crippen molar-refractivity contribution in [1.82, 2.24) is 10.2 Å². The van der Waals surface area contributed by atoms with Crippen molar-refractivity contribution in [3.05, 3.63) is 17.0 Å². The second kappa shape index (κ2) is 3.23. The van der Waals surface area contributed by atoms with Crippen LogP contribution in [-0.2, 0) is 23.0 Å². The van der Waals surface area contributed by atoms with E-state index in [0.29, 0.717) is 5.75 Å². The fourth-order valence-corrected chi connectivity index (χ4v) is 2.83. The van der Waals surface area contributed by atoms with E-state index in [1.807, 2.05) is 6.92 Å². The molecule has 1 aliphatic rings. The Balaban J connectivity index is 2.41. The van der Waals surface area contributed by atoms with Gasteiger partial charge in [-0.25, -0.2) is 0 Å². The van der Waals surface area contributed by atoms with Gasteiger partial charge in [0.1, 0.15) is 0 Å². The summed E-state index contributed by atoms with van der Waals surface area (Å²) < 4.78 is 11.3. The van der Waals surface area contributed by atoms with Crippen molar-refractivity contribution in [2.75, 3.05) is 5.75 Å². The minimum atomic E-state index is -0.722. The smallest absolute Gasteiger partial charge is 0.0830 e. The van der Waals surface area contributed by atoms with E-state index >= 15 is 0 Å². The highest BCUT2D eigenvalue weighted by molar-refractivity contribution is 7.84. The fourth-order valence-electron chi connectivity index (χ4n) is 1.61. The maximum atomic E-state index is 11.3. The molecule has 2 heterocycles. The van der Waals surface area contributed by atoms with Crippen molar-refractivity contribution in [1.29, 1.82) is 0 Å². The topological polar surface area (TPSA) is 71.8 Å². The monoisotopic (exact) mass is 199 g/mol. The molecule has 5 heteroatoms. The predicted octanol–water partition coefficient (Wildman–Crippen LogP) is 0.234. The maximum Gasteiger partial charge on any atom is 0.0830 e. The van der Waals surface area contributed by atoms with Gasteiger partial charge in [0.05, 0.1) is 11.4 Å². The molecule has 0 bridgehead atoms. The molecule has 0 aromatic carbocycles. The van der Waals surface area contributed by atoms with E-state index in [1.165, 1.54) is 0 Å². The van der Waals surface area contributed by atoms with Crippen molar-refractivity contribution in [3.63, 3.8) is 0 Å². The van der Waals surface area contributed by atoms with E-state index in [4.69, 9.17) is 5.73 Å². The summed E-state index contributed by atoms with van der Waals surface area (Å²) in [6.45, 7) is 1.90. The largest absolute Gasteiger partial charge is 0.323 e. The van der Waals surface area contributed by atoms with Gasteiger partial charge in [-0.1, -0.05) is 0 Å². The number of aromatic nitrogens is 2. The van der Waals surface area contributed by atoms with Crippen LogP contribution in [0.4, 0.5) is 0 Å². The molecule has 0 amide bonds. The first-order valence-corrected chi connectivity index (χ1v) is 5.84. The third-order valence-electron chi connectivity index (χ3n) is 2.30. The minimum Gasteiger partial charge on any atom is -0.323 e. The van der Waals surface area contributed by atoms with Crippen LogP contribution in [0.2, 0.25) is 0 Å². The Hall–Kier alpha value is -0.680. The molecular weight excluding hydrogens is 186 g/mol. The maximum absolute atomic E-state index is 11.3. The number of hydrogen-bond donors (Lipinski definition) is 2. The summed E-state index contributed by atoms with van der Waals surface area (Å²) in [5, 5.41) is 7.11. The Bertz CT molecular complexity index is 345. The summed E-state index contributed by atoms with van der Waals surface area (Å²) in [5.41, 5.74) is 8.82. The molecule has 1 aromatic rings. The van der Waals surface area contributed by atoms with E-state index in [9.17, 15) is 4.21 Å². The average molecular weight is 199 g/mol. The second-order valence-corrected chi connectivity index (χ2v) is 4.97. The van der Waals surface area contributed by atoms with Crippen LogP contribution in [0.3, 0.4) is 0 Å². The highest BCUT2D eigenvalue weighted by atomic mass is 32.2. The van der Waals surface area contributed by atoms with Gasteiger partial charge in [-0.05, 0) is 6.92 Å². The zero-order chi connectivity index (χ0) is 9.42. The summed E-state index contributed by atoms with van der Waals surface area (Å²) in [4.78, 5) is 0. The van der Waals surface area contributed by atoms with Gasteiger partial charge in [0.2, 0.25) is 0 Å². The van der Waals surface area contributed by atoms with Crippen LogP contribution in [0.1, 0.15) is 29.9 Å². The van der Waals surface area contributed by atoms with Crippen LogP contribution in [0.15, 0.2) is 0 Å². The summed E-state index contributed by atoms with van der Waals surface area (Å²) in [6.07, 6.45) is 0.835. The van der Waals surface area contributed by atoms with E-state index in [0.717, 1.165) is 29.1 Å². The highest BCUT2D eigenvalue weighted by Gasteiger charge is 2.22. The molecule has 0 aliphatic carbocycles. The predicted molar refractivity (Wildman–Crippen MR) is 51.6 cm³/mol. The second-order valence-electron chi connectivity index (χ2n) is 3.39.